The molecule has 1 aliphatic rings. The first-order valence-corrected chi connectivity index (χ1v) is 12.8. The second-order valence-electron chi connectivity index (χ2n) is 8.95. The SMILES string of the molecule is COc1ccccc1NC(=O)C1=C(C)Nc2c(C(=O)Nc3cccc(C)c3)cnn2[C@@H]1c1ccc(Br)cc1. The molecule has 2 heterocycles. The van der Waals surface area contributed by atoms with Crippen molar-refractivity contribution in [2.24, 2.45) is 0 Å². The number of hydrogen-bond acceptors (Lipinski definition) is 5. The Bertz CT molecular complexity index is 1560. The Morgan fingerprint density at radius 3 is 2.47 bits per heavy atom. The highest BCUT2D eigenvalue weighted by molar-refractivity contribution is 9.10. The van der Waals surface area contributed by atoms with Crippen LogP contribution < -0.4 is 20.7 Å². The second kappa shape index (κ2) is 10.5. The molecule has 0 unspecified atom stereocenters. The van der Waals surface area contributed by atoms with E-state index in [1.54, 1.807) is 23.9 Å². The fourth-order valence-electron chi connectivity index (χ4n) is 4.53. The fourth-order valence-corrected chi connectivity index (χ4v) is 4.79. The Morgan fingerprint density at radius 2 is 1.74 bits per heavy atom. The quantitative estimate of drug-likeness (QED) is 0.258. The molecule has 4 aromatic rings. The van der Waals surface area contributed by atoms with Gasteiger partial charge in [0.15, 0.2) is 0 Å². The predicted molar refractivity (Wildman–Crippen MR) is 152 cm³/mol. The highest BCUT2D eigenvalue weighted by atomic mass is 79.9. The molecule has 0 saturated carbocycles. The number of allylic oxidation sites excluding steroid dienone is 1. The molecule has 9 heteroatoms. The van der Waals surface area contributed by atoms with Crippen molar-refractivity contribution in [3.63, 3.8) is 0 Å². The van der Waals surface area contributed by atoms with Crippen molar-refractivity contribution >= 4 is 44.9 Å². The number of para-hydroxylation sites is 2. The molecule has 0 fully saturated rings. The molecule has 3 aromatic carbocycles. The number of carbonyl (C=O) groups is 2. The lowest BCUT2D eigenvalue weighted by Crippen LogP contribution is -2.32. The molecule has 0 radical (unpaired) electrons. The van der Waals surface area contributed by atoms with E-state index >= 15 is 0 Å². The number of methoxy groups -OCH3 is 1. The van der Waals surface area contributed by atoms with Gasteiger partial charge in [-0.25, -0.2) is 4.68 Å². The predicted octanol–water partition coefficient (Wildman–Crippen LogP) is 6.14. The van der Waals surface area contributed by atoms with Crippen molar-refractivity contribution in [2.75, 3.05) is 23.1 Å². The van der Waals surface area contributed by atoms with Crippen LogP contribution in [0.5, 0.6) is 5.75 Å². The summed E-state index contributed by atoms with van der Waals surface area (Å²) in [7, 11) is 1.56. The summed E-state index contributed by atoms with van der Waals surface area (Å²) in [4.78, 5) is 27.0. The van der Waals surface area contributed by atoms with E-state index in [2.05, 4.69) is 37.0 Å². The van der Waals surface area contributed by atoms with Gasteiger partial charge in [0, 0.05) is 15.9 Å². The normalized spacial score (nSPS) is 14.4. The number of amides is 2. The van der Waals surface area contributed by atoms with Crippen molar-refractivity contribution in [3.05, 3.63) is 111 Å². The first-order valence-electron chi connectivity index (χ1n) is 12.0. The number of rotatable bonds is 6. The summed E-state index contributed by atoms with van der Waals surface area (Å²) in [6.07, 6.45) is 1.52. The van der Waals surface area contributed by atoms with Crippen molar-refractivity contribution in [2.45, 2.75) is 19.9 Å². The van der Waals surface area contributed by atoms with Gasteiger partial charge in [-0.05, 0) is 61.4 Å². The molecule has 5 rings (SSSR count). The van der Waals surface area contributed by atoms with E-state index in [-0.39, 0.29) is 11.8 Å². The van der Waals surface area contributed by atoms with Crippen LogP contribution in [0.1, 0.15) is 34.5 Å². The molecular formula is C29H26BrN5O3. The van der Waals surface area contributed by atoms with Crippen LogP contribution in [-0.2, 0) is 4.79 Å². The van der Waals surface area contributed by atoms with Gasteiger partial charge in [0.25, 0.3) is 11.8 Å². The molecule has 1 atom stereocenters. The Labute approximate surface area is 228 Å². The van der Waals surface area contributed by atoms with Crippen molar-refractivity contribution in [1.29, 1.82) is 0 Å². The third kappa shape index (κ3) is 4.92. The first-order chi connectivity index (χ1) is 18.4. The number of hydrogen-bond donors (Lipinski definition) is 3. The number of fused-ring (bicyclic) bond motifs is 1. The van der Waals surface area contributed by atoms with Gasteiger partial charge >= 0.3 is 0 Å². The second-order valence-corrected chi connectivity index (χ2v) is 9.86. The molecule has 0 spiro atoms. The number of nitrogens with one attached hydrogen (secondary N) is 3. The lowest BCUT2D eigenvalue weighted by Gasteiger charge is -2.30. The summed E-state index contributed by atoms with van der Waals surface area (Å²) in [6.45, 7) is 3.79. The summed E-state index contributed by atoms with van der Waals surface area (Å²) >= 11 is 3.48. The van der Waals surface area contributed by atoms with Gasteiger partial charge in [-0.3, -0.25) is 9.59 Å². The summed E-state index contributed by atoms with van der Waals surface area (Å²) in [5.74, 6) is 0.459. The van der Waals surface area contributed by atoms with E-state index in [0.717, 1.165) is 15.6 Å². The highest BCUT2D eigenvalue weighted by Gasteiger charge is 2.35. The van der Waals surface area contributed by atoms with Crippen molar-refractivity contribution in [3.8, 4) is 5.75 Å². The Morgan fingerprint density at radius 1 is 0.974 bits per heavy atom. The van der Waals surface area contributed by atoms with Crippen LogP contribution in [0.3, 0.4) is 0 Å². The van der Waals surface area contributed by atoms with Gasteiger partial charge in [0.2, 0.25) is 0 Å². The van der Waals surface area contributed by atoms with Crippen LogP contribution in [0.4, 0.5) is 17.2 Å². The summed E-state index contributed by atoms with van der Waals surface area (Å²) in [6, 6.07) is 21.9. The average molecular weight is 572 g/mol. The number of benzene rings is 3. The summed E-state index contributed by atoms with van der Waals surface area (Å²) in [5, 5.41) is 13.8. The molecule has 1 aromatic heterocycles. The molecule has 8 nitrogen and oxygen atoms in total. The number of ether oxygens (including phenoxy) is 1. The van der Waals surface area contributed by atoms with Crippen LogP contribution in [-0.4, -0.2) is 28.7 Å². The Balaban J connectivity index is 1.54. The van der Waals surface area contributed by atoms with Crippen LogP contribution in [0.25, 0.3) is 0 Å². The zero-order chi connectivity index (χ0) is 26.8. The van der Waals surface area contributed by atoms with Crippen LogP contribution in [0.2, 0.25) is 0 Å². The maximum Gasteiger partial charge on any atom is 0.261 e. The Kier molecular flexibility index (Phi) is 7.02. The molecule has 0 aliphatic carbocycles. The van der Waals surface area contributed by atoms with E-state index < -0.39 is 6.04 Å². The molecule has 38 heavy (non-hydrogen) atoms. The van der Waals surface area contributed by atoms with E-state index in [9.17, 15) is 9.59 Å². The summed E-state index contributed by atoms with van der Waals surface area (Å²) in [5.41, 5.74) is 4.59. The third-order valence-electron chi connectivity index (χ3n) is 6.33. The van der Waals surface area contributed by atoms with Crippen molar-refractivity contribution < 1.29 is 14.3 Å². The largest absolute Gasteiger partial charge is 0.495 e. The topological polar surface area (TPSA) is 97.3 Å². The molecule has 192 valence electrons. The first kappa shape index (κ1) is 25.3. The molecule has 1 aliphatic heterocycles. The monoisotopic (exact) mass is 571 g/mol. The van der Waals surface area contributed by atoms with Gasteiger partial charge in [0.05, 0.1) is 24.6 Å². The number of nitrogens with zero attached hydrogens (tertiary/aromatic N) is 2. The number of halogens is 1. The van der Waals surface area contributed by atoms with Gasteiger partial charge in [-0.2, -0.15) is 5.10 Å². The standard InChI is InChI=1S/C29H26BrN5O3/c1-17-7-6-8-21(15-17)33-28(36)22-16-31-35-26(19-11-13-20(30)14-12-19)25(18(2)32-27(22)35)29(37)34-23-9-4-5-10-24(23)38-3/h4-16,26,32H,1-3H3,(H,33,36)(H,34,37)/t26-/m1/s1. The van der Waals surface area contributed by atoms with E-state index in [4.69, 9.17) is 4.74 Å². The fraction of sp³-hybridized carbons (Fsp3) is 0.138. The van der Waals surface area contributed by atoms with Gasteiger partial charge in [-0.1, -0.05) is 52.3 Å². The third-order valence-corrected chi connectivity index (χ3v) is 6.86. The van der Waals surface area contributed by atoms with Gasteiger partial charge in [0.1, 0.15) is 23.2 Å². The lowest BCUT2D eigenvalue weighted by molar-refractivity contribution is -0.113. The molecule has 0 saturated heterocycles. The minimum absolute atomic E-state index is 0.298. The minimum Gasteiger partial charge on any atom is -0.495 e. The van der Waals surface area contributed by atoms with Gasteiger partial charge < -0.3 is 20.7 Å². The van der Waals surface area contributed by atoms with Crippen LogP contribution >= 0.6 is 15.9 Å². The number of aromatic nitrogens is 2. The minimum atomic E-state index is -0.574. The van der Waals surface area contributed by atoms with E-state index in [1.807, 2.05) is 74.5 Å². The average Bonchev–Trinajstić information content (AvgIpc) is 3.32. The van der Waals surface area contributed by atoms with E-state index in [0.29, 0.717) is 39.8 Å². The molecule has 2 amide bonds. The molecule has 3 N–H and O–H groups in total. The number of aryl methyl sites for hydroxylation is 1. The van der Waals surface area contributed by atoms with Crippen LogP contribution in [0, 0.1) is 6.92 Å². The highest BCUT2D eigenvalue weighted by Crippen LogP contribution is 2.38. The summed E-state index contributed by atoms with van der Waals surface area (Å²) < 4.78 is 8.00. The van der Waals surface area contributed by atoms with E-state index in [1.165, 1.54) is 6.20 Å². The zero-order valence-corrected chi connectivity index (χ0v) is 22.7. The lowest BCUT2D eigenvalue weighted by atomic mass is 9.94. The Hall–Kier alpha value is -4.37. The number of anilines is 3. The van der Waals surface area contributed by atoms with Crippen LogP contribution in [0.15, 0.2) is 94.7 Å². The number of carbonyl (C=O) groups excluding carboxylic acids is 2. The van der Waals surface area contributed by atoms with Gasteiger partial charge in [-0.15, -0.1) is 0 Å². The smallest absolute Gasteiger partial charge is 0.261 e. The molecular weight excluding hydrogens is 546 g/mol. The maximum absolute atomic E-state index is 13.7. The van der Waals surface area contributed by atoms with Crippen molar-refractivity contribution in [1.82, 2.24) is 9.78 Å². The zero-order valence-electron chi connectivity index (χ0n) is 21.1. The molecule has 0 bridgehead atoms. The maximum atomic E-state index is 13.7.